The quantitative estimate of drug-likeness (QED) is 0.569. The van der Waals surface area contributed by atoms with E-state index < -0.39 is 0 Å². The van der Waals surface area contributed by atoms with Crippen molar-refractivity contribution in [2.24, 2.45) is 5.92 Å². The van der Waals surface area contributed by atoms with Gasteiger partial charge in [-0.1, -0.05) is 12.8 Å². The average Bonchev–Trinajstić information content (AvgIpc) is 2.81. The van der Waals surface area contributed by atoms with Crippen LogP contribution in [0.15, 0.2) is 0 Å². The molecule has 16 heavy (non-hydrogen) atoms. The molecule has 0 aliphatic heterocycles. The van der Waals surface area contributed by atoms with Gasteiger partial charge in [0, 0.05) is 26.1 Å². The van der Waals surface area contributed by atoms with Gasteiger partial charge in [0.2, 0.25) is 0 Å². The summed E-state index contributed by atoms with van der Waals surface area (Å²) in [7, 11) is 1.67. The maximum atomic E-state index is 11.7. The van der Waals surface area contributed by atoms with Gasteiger partial charge in [0.25, 0.3) is 0 Å². The van der Waals surface area contributed by atoms with Crippen molar-refractivity contribution in [3.63, 3.8) is 0 Å². The summed E-state index contributed by atoms with van der Waals surface area (Å²) >= 11 is 0. The molecule has 0 radical (unpaired) electrons. The third-order valence-corrected chi connectivity index (χ3v) is 3.20. The van der Waals surface area contributed by atoms with Crippen LogP contribution in [0.5, 0.6) is 0 Å². The standard InChI is InChI=1S/C13H24O3/c1-15-10-11-16-9-5-4-8-13(14)12-6-2-3-7-12/h12H,2-11H2,1H3. The van der Waals surface area contributed by atoms with Crippen LogP contribution in [0.25, 0.3) is 0 Å². The second-order valence-corrected chi connectivity index (χ2v) is 4.51. The summed E-state index contributed by atoms with van der Waals surface area (Å²) in [6.45, 7) is 2.06. The molecule has 3 nitrogen and oxygen atoms in total. The molecule has 1 aliphatic carbocycles. The molecule has 0 unspecified atom stereocenters. The van der Waals surface area contributed by atoms with E-state index in [9.17, 15) is 4.79 Å². The van der Waals surface area contributed by atoms with Gasteiger partial charge in [-0.3, -0.25) is 4.79 Å². The van der Waals surface area contributed by atoms with Crippen LogP contribution < -0.4 is 0 Å². The Morgan fingerprint density at radius 3 is 2.56 bits per heavy atom. The molecule has 0 saturated heterocycles. The second-order valence-electron chi connectivity index (χ2n) is 4.51. The van der Waals surface area contributed by atoms with Crippen LogP contribution in [0, 0.1) is 5.92 Å². The van der Waals surface area contributed by atoms with E-state index in [4.69, 9.17) is 9.47 Å². The third-order valence-electron chi connectivity index (χ3n) is 3.20. The summed E-state index contributed by atoms with van der Waals surface area (Å²) in [5.41, 5.74) is 0. The lowest BCUT2D eigenvalue weighted by atomic mass is 9.98. The predicted octanol–water partition coefficient (Wildman–Crippen LogP) is 2.58. The molecule has 0 N–H and O–H groups in total. The lowest BCUT2D eigenvalue weighted by Gasteiger charge is -2.07. The number of Topliss-reactive ketones (excluding diaryl/α,β-unsaturated/α-hetero) is 1. The van der Waals surface area contributed by atoms with Crippen molar-refractivity contribution in [3.8, 4) is 0 Å². The van der Waals surface area contributed by atoms with Gasteiger partial charge in [0.1, 0.15) is 5.78 Å². The van der Waals surface area contributed by atoms with Crippen LogP contribution in [0.4, 0.5) is 0 Å². The molecular weight excluding hydrogens is 204 g/mol. The van der Waals surface area contributed by atoms with Crippen LogP contribution in [0.3, 0.4) is 0 Å². The Labute approximate surface area is 98.5 Å². The lowest BCUT2D eigenvalue weighted by Crippen LogP contribution is -2.10. The lowest BCUT2D eigenvalue weighted by molar-refractivity contribution is -0.122. The smallest absolute Gasteiger partial charge is 0.135 e. The second kappa shape index (κ2) is 8.71. The van der Waals surface area contributed by atoms with E-state index >= 15 is 0 Å². The molecule has 1 fully saturated rings. The van der Waals surface area contributed by atoms with Gasteiger partial charge < -0.3 is 9.47 Å². The van der Waals surface area contributed by atoms with Crippen LogP contribution in [0.1, 0.15) is 44.9 Å². The molecule has 0 aromatic heterocycles. The molecule has 0 aromatic rings. The van der Waals surface area contributed by atoms with Crippen LogP contribution in [-0.4, -0.2) is 32.7 Å². The largest absolute Gasteiger partial charge is 0.382 e. The van der Waals surface area contributed by atoms with Crippen molar-refractivity contribution in [1.82, 2.24) is 0 Å². The number of hydrogen-bond donors (Lipinski definition) is 0. The van der Waals surface area contributed by atoms with Crippen molar-refractivity contribution in [2.45, 2.75) is 44.9 Å². The fourth-order valence-electron chi connectivity index (χ4n) is 2.20. The molecule has 1 rings (SSSR count). The number of ether oxygens (including phenoxy) is 2. The van der Waals surface area contributed by atoms with E-state index in [0.29, 0.717) is 24.9 Å². The molecule has 1 saturated carbocycles. The summed E-state index contributed by atoms with van der Waals surface area (Å²) in [4.78, 5) is 11.7. The first-order valence-electron chi connectivity index (χ1n) is 6.44. The summed E-state index contributed by atoms with van der Waals surface area (Å²) in [5, 5.41) is 0. The Balaban J connectivity index is 1.88. The minimum atomic E-state index is 0.384. The molecule has 0 aromatic carbocycles. The highest BCUT2D eigenvalue weighted by Crippen LogP contribution is 2.26. The fourth-order valence-corrected chi connectivity index (χ4v) is 2.20. The van der Waals surface area contributed by atoms with E-state index in [-0.39, 0.29) is 0 Å². The minimum absolute atomic E-state index is 0.384. The molecule has 0 atom stereocenters. The number of hydrogen-bond acceptors (Lipinski definition) is 3. The van der Waals surface area contributed by atoms with Gasteiger partial charge in [-0.15, -0.1) is 0 Å². The van der Waals surface area contributed by atoms with E-state index in [0.717, 1.165) is 38.7 Å². The number of ketones is 1. The van der Waals surface area contributed by atoms with Crippen LogP contribution >= 0.6 is 0 Å². The normalized spacial score (nSPS) is 16.8. The Morgan fingerprint density at radius 2 is 1.88 bits per heavy atom. The maximum Gasteiger partial charge on any atom is 0.135 e. The number of methoxy groups -OCH3 is 1. The van der Waals surface area contributed by atoms with Crippen molar-refractivity contribution in [3.05, 3.63) is 0 Å². The summed E-state index contributed by atoms with van der Waals surface area (Å²) in [6, 6.07) is 0. The Morgan fingerprint density at radius 1 is 1.12 bits per heavy atom. The van der Waals surface area contributed by atoms with Crippen molar-refractivity contribution < 1.29 is 14.3 Å². The maximum absolute atomic E-state index is 11.7. The Kier molecular flexibility index (Phi) is 7.43. The highest BCUT2D eigenvalue weighted by atomic mass is 16.5. The first kappa shape index (κ1) is 13.7. The van der Waals surface area contributed by atoms with Gasteiger partial charge in [-0.2, -0.15) is 0 Å². The number of unbranched alkanes of at least 4 members (excludes halogenated alkanes) is 1. The molecular formula is C13H24O3. The predicted molar refractivity (Wildman–Crippen MR) is 63.5 cm³/mol. The van der Waals surface area contributed by atoms with Gasteiger partial charge >= 0.3 is 0 Å². The Bertz CT molecular complexity index is 186. The van der Waals surface area contributed by atoms with Gasteiger partial charge in [-0.05, 0) is 25.7 Å². The van der Waals surface area contributed by atoms with Crippen LogP contribution in [-0.2, 0) is 14.3 Å². The van der Waals surface area contributed by atoms with E-state index in [1.807, 2.05) is 0 Å². The minimum Gasteiger partial charge on any atom is -0.382 e. The number of rotatable bonds is 9. The zero-order chi connectivity index (χ0) is 11.6. The first-order valence-corrected chi connectivity index (χ1v) is 6.44. The molecule has 0 spiro atoms. The van der Waals surface area contributed by atoms with Crippen molar-refractivity contribution in [1.29, 1.82) is 0 Å². The van der Waals surface area contributed by atoms with Gasteiger partial charge in [0.15, 0.2) is 0 Å². The first-order chi connectivity index (χ1) is 7.84. The monoisotopic (exact) mass is 228 g/mol. The molecule has 1 aliphatic rings. The van der Waals surface area contributed by atoms with E-state index in [1.165, 1.54) is 12.8 Å². The number of carbonyl (C=O) groups is 1. The van der Waals surface area contributed by atoms with Crippen LogP contribution in [0.2, 0.25) is 0 Å². The van der Waals surface area contributed by atoms with Gasteiger partial charge in [0.05, 0.1) is 13.2 Å². The average molecular weight is 228 g/mol. The van der Waals surface area contributed by atoms with Crippen molar-refractivity contribution in [2.75, 3.05) is 26.9 Å². The molecule has 0 amide bonds. The SMILES string of the molecule is COCCOCCCCC(=O)C1CCCC1. The molecule has 0 heterocycles. The topological polar surface area (TPSA) is 35.5 Å². The molecule has 94 valence electrons. The third kappa shape index (κ3) is 5.61. The highest BCUT2D eigenvalue weighted by molar-refractivity contribution is 5.81. The zero-order valence-corrected chi connectivity index (χ0v) is 10.4. The molecule has 3 heteroatoms. The van der Waals surface area contributed by atoms with E-state index in [1.54, 1.807) is 7.11 Å². The zero-order valence-electron chi connectivity index (χ0n) is 10.4. The number of carbonyl (C=O) groups excluding carboxylic acids is 1. The summed E-state index contributed by atoms with van der Waals surface area (Å²) < 4.78 is 10.2. The molecule has 0 bridgehead atoms. The fraction of sp³-hybridized carbons (Fsp3) is 0.923. The summed E-state index contributed by atoms with van der Waals surface area (Å²) in [6.07, 6.45) is 7.46. The Hall–Kier alpha value is -0.410. The van der Waals surface area contributed by atoms with Gasteiger partial charge in [-0.25, -0.2) is 0 Å². The van der Waals surface area contributed by atoms with Crippen molar-refractivity contribution >= 4 is 5.78 Å². The summed E-state index contributed by atoms with van der Waals surface area (Å²) in [5.74, 6) is 0.865. The highest BCUT2D eigenvalue weighted by Gasteiger charge is 2.21. The van der Waals surface area contributed by atoms with E-state index in [2.05, 4.69) is 0 Å².